The molecule has 0 aliphatic carbocycles. The molecule has 138 valence electrons. The van der Waals surface area contributed by atoms with Gasteiger partial charge in [-0.15, -0.1) is 0 Å². The molecule has 3 aromatic carbocycles. The molecule has 27 heavy (non-hydrogen) atoms. The number of thiocarbonyl (C=S) groups is 1. The Bertz CT molecular complexity index is 902. The molecule has 0 spiro atoms. The van der Waals surface area contributed by atoms with E-state index < -0.39 is 0 Å². The van der Waals surface area contributed by atoms with Gasteiger partial charge < -0.3 is 15.0 Å². The third kappa shape index (κ3) is 5.28. The van der Waals surface area contributed by atoms with Crippen LogP contribution in [0.15, 0.2) is 78.9 Å². The second-order valence-corrected chi connectivity index (χ2v) is 6.48. The van der Waals surface area contributed by atoms with Gasteiger partial charge in [0, 0.05) is 30.4 Å². The lowest BCUT2D eigenvalue weighted by atomic mass is 10.1. The molecule has 0 aliphatic heterocycles. The fraction of sp³-hybridized carbons (Fsp3) is 0.136. The summed E-state index contributed by atoms with van der Waals surface area (Å²) in [4.78, 5) is 1.95. The number of benzene rings is 3. The molecule has 0 radical (unpaired) electrons. The van der Waals surface area contributed by atoms with Crippen LogP contribution in [0, 0.1) is 5.82 Å². The average Bonchev–Trinajstić information content (AvgIpc) is 2.70. The van der Waals surface area contributed by atoms with Crippen molar-refractivity contribution in [1.29, 1.82) is 0 Å². The molecular weight excluding hydrogens is 359 g/mol. The van der Waals surface area contributed by atoms with Crippen LogP contribution in [0.25, 0.3) is 0 Å². The highest BCUT2D eigenvalue weighted by atomic mass is 32.1. The van der Waals surface area contributed by atoms with Gasteiger partial charge in [-0.25, -0.2) is 4.39 Å². The van der Waals surface area contributed by atoms with Crippen LogP contribution in [0.4, 0.5) is 10.1 Å². The Balaban J connectivity index is 1.81. The molecule has 0 bridgehead atoms. The quantitative estimate of drug-likeness (QED) is 0.592. The molecule has 0 unspecified atom stereocenters. The molecule has 0 saturated carbocycles. The molecule has 1 N–H and O–H groups in total. The van der Waals surface area contributed by atoms with Gasteiger partial charge in [0.05, 0.1) is 7.11 Å². The largest absolute Gasteiger partial charge is 0.497 e. The summed E-state index contributed by atoms with van der Waals surface area (Å²) in [5, 5.41) is 3.76. The van der Waals surface area contributed by atoms with Crippen molar-refractivity contribution in [2.24, 2.45) is 0 Å². The van der Waals surface area contributed by atoms with Gasteiger partial charge in [-0.05, 0) is 36.0 Å². The monoisotopic (exact) mass is 380 g/mol. The summed E-state index contributed by atoms with van der Waals surface area (Å²) in [7, 11) is 1.62. The Morgan fingerprint density at radius 1 is 0.963 bits per heavy atom. The maximum Gasteiger partial charge on any atom is 0.174 e. The van der Waals surface area contributed by atoms with E-state index in [2.05, 4.69) is 5.32 Å². The van der Waals surface area contributed by atoms with Crippen LogP contribution >= 0.6 is 12.2 Å². The number of nitrogens with one attached hydrogen (secondary N) is 1. The van der Waals surface area contributed by atoms with Crippen LogP contribution in [0.2, 0.25) is 0 Å². The summed E-state index contributed by atoms with van der Waals surface area (Å²) in [5.74, 6) is 0.506. The Morgan fingerprint density at radius 2 is 1.70 bits per heavy atom. The number of nitrogens with zero attached hydrogens (tertiary/aromatic N) is 1. The first-order chi connectivity index (χ1) is 13.2. The van der Waals surface area contributed by atoms with Crippen LogP contribution < -0.4 is 10.1 Å². The molecule has 0 aromatic heterocycles. The van der Waals surface area contributed by atoms with E-state index in [1.807, 2.05) is 65.6 Å². The Labute approximate surface area is 164 Å². The van der Waals surface area contributed by atoms with E-state index in [0.29, 0.717) is 23.8 Å². The Hall–Kier alpha value is -2.92. The van der Waals surface area contributed by atoms with E-state index in [9.17, 15) is 4.39 Å². The predicted octanol–water partition coefficient (Wildman–Crippen LogP) is 5.23. The van der Waals surface area contributed by atoms with Crippen molar-refractivity contribution in [2.45, 2.75) is 13.1 Å². The summed E-state index contributed by atoms with van der Waals surface area (Å²) in [6, 6.07) is 24.3. The minimum absolute atomic E-state index is 0.236. The van der Waals surface area contributed by atoms with Crippen molar-refractivity contribution in [3.8, 4) is 5.75 Å². The second-order valence-electron chi connectivity index (χ2n) is 6.10. The summed E-state index contributed by atoms with van der Waals surface area (Å²) in [6.07, 6.45) is 0. The van der Waals surface area contributed by atoms with Gasteiger partial charge in [0.15, 0.2) is 5.11 Å². The standard InChI is InChI=1S/C22H21FN2OS/c1-26-20-12-7-11-19(14-20)24-22(27)25(15-17-8-3-2-4-9-17)16-18-10-5-6-13-21(18)23/h2-14H,15-16H2,1H3,(H,24,27). The van der Waals surface area contributed by atoms with Crippen molar-refractivity contribution >= 4 is 23.0 Å². The molecule has 0 saturated heterocycles. The van der Waals surface area contributed by atoms with E-state index in [-0.39, 0.29) is 5.82 Å². The molecule has 0 heterocycles. The Morgan fingerprint density at radius 3 is 2.44 bits per heavy atom. The highest BCUT2D eigenvalue weighted by Crippen LogP contribution is 2.19. The van der Waals surface area contributed by atoms with Gasteiger partial charge in [-0.3, -0.25) is 0 Å². The second kappa shape index (κ2) is 9.14. The molecule has 3 rings (SSSR count). The Kier molecular flexibility index (Phi) is 6.39. The topological polar surface area (TPSA) is 24.5 Å². The van der Waals surface area contributed by atoms with Crippen LogP contribution in [0.3, 0.4) is 0 Å². The van der Waals surface area contributed by atoms with E-state index >= 15 is 0 Å². The maximum atomic E-state index is 14.2. The van der Waals surface area contributed by atoms with Crippen LogP contribution in [0.5, 0.6) is 5.75 Å². The van der Waals surface area contributed by atoms with E-state index in [0.717, 1.165) is 17.0 Å². The molecule has 0 amide bonds. The molecule has 5 heteroatoms. The van der Waals surface area contributed by atoms with Crippen molar-refractivity contribution in [1.82, 2.24) is 4.90 Å². The minimum atomic E-state index is -0.236. The van der Waals surface area contributed by atoms with Crippen molar-refractivity contribution in [2.75, 3.05) is 12.4 Å². The predicted molar refractivity (Wildman–Crippen MR) is 111 cm³/mol. The lowest BCUT2D eigenvalue weighted by molar-refractivity contribution is 0.402. The van der Waals surface area contributed by atoms with E-state index in [1.165, 1.54) is 6.07 Å². The van der Waals surface area contributed by atoms with Crippen LogP contribution in [-0.2, 0) is 13.1 Å². The van der Waals surface area contributed by atoms with E-state index in [4.69, 9.17) is 17.0 Å². The zero-order chi connectivity index (χ0) is 19.1. The summed E-state index contributed by atoms with van der Waals surface area (Å²) >= 11 is 5.63. The third-order valence-electron chi connectivity index (χ3n) is 4.14. The van der Waals surface area contributed by atoms with Crippen LogP contribution in [-0.4, -0.2) is 17.1 Å². The first-order valence-electron chi connectivity index (χ1n) is 8.63. The van der Waals surface area contributed by atoms with Crippen molar-refractivity contribution < 1.29 is 9.13 Å². The van der Waals surface area contributed by atoms with Gasteiger partial charge in [-0.1, -0.05) is 54.6 Å². The number of methoxy groups -OCH3 is 1. The average molecular weight is 380 g/mol. The molecule has 0 aliphatic rings. The summed E-state index contributed by atoms with van der Waals surface area (Å²) in [6.45, 7) is 0.947. The maximum absolute atomic E-state index is 14.2. The van der Waals surface area contributed by atoms with Crippen molar-refractivity contribution in [3.05, 3.63) is 95.8 Å². The fourth-order valence-corrected chi connectivity index (χ4v) is 2.99. The normalized spacial score (nSPS) is 10.3. The highest BCUT2D eigenvalue weighted by Gasteiger charge is 2.14. The van der Waals surface area contributed by atoms with Gasteiger partial charge >= 0.3 is 0 Å². The third-order valence-corrected chi connectivity index (χ3v) is 4.50. The zero-order valence-corrected chi connectivity index (χ0v) is 15.9. The van der Waals surface area contributed by atoms with Gasteiger partial charge in [-0.2, -0.15) is 0 Å². The lowest BCUT2D eigenvalue weighted by Gasteiger charge is -2.26. The summed E-state index contributed by atoms with van der Waals surface area (Å²) in [5.41, 5.74) is 2.53. The number of hydrogen-bond acceptors (Lipinski definition) is 2. The smallest absolute Gasteiger partial charge is 0.174 e. The lowest BCUT2D eigenvalue weighted by Crippen LogP contribution is -2.34. The van der Waals surface area contributed by atoms with Gasteiger partial charge in [0.25, 0.3) is 0 Å². The molecular formula is C22H21FN2OS. The SMILES string of the molecule is COc1cccc(NC(=S)N(Cc2ccccc2)Cc2ccccc2F)c1. The number of rotatable bonds is 6. The fourth-order valence-electron chi connectivity index (χ4n) is 2.74. The number of hydrogen-bond donors (Lipinski definition) is 1. The number of halogens is 1. The van der Waals surface area contributed by atoms with Crippen LogP contribution in [0.1, 0.15) is 11.1 Å². The molecule has 0 fully saturated rings. The number of anilines is 1. The van der Waals surface area contributed by atoms with Gasteiger partial charge in [0.2, 0.25) is 0 Å². The molecule has 0 atom stereocenters. The van der Waals surface area contributed by atoms with E-state index in [1.54, 1.807) is 19.2 Å². The number of ether oxygens (including phenoxy) is 1. The zero-order valence-electron chi connectivity index (χ0n) is 15.1. The van der Waals surface area contributed by atoms with Crippen molar-refractivity contribution in [3.63, 3.8) is 0 Å². The first-order valence-corrected chi connectivity index (χ1v) is 9.04. The minimum Gasteiger partial charge on any atom is -0.497 e. The highest BCUT2D eigenvalue weighted by molar-refractivity contribution is 7.80. The summed E-state index contributed by atoms with van der Waals surface area (Å²) < 4.78 is 19.4. The van der Waals surface area contributed by atoms with Gasteiger partial charge in [0.1, 0.15) is 11.6 Å². The molecule has 3 aromatic rings. The first kappa shape index (κ1) is 18.9. The molecule has 3 nitrogen and oxygen atoms in total.